The van der Waals surface area contributed by atoms with Gasteiger partial charge in [0.1, 0.15) is 0 Å². The first kappa shape index (κ1) is 39.4. The molecule has 0 bridgehead atoms. The summed E-state index contributed by atoms with van der Waals surface area (Å²) >= 11 is 7.96. The Morgan fingerprint density at radius 2 is 0.600 bits per heavy atom. The van der Waals surface area contributed by atoms with Crippen molar-refractivity contribution in [2.24, 2.45) is 0 Å². The molecule has 0 aliphatic carbocycles. The van der Waals surface area contributed by atoms with Crippen LogP contribution in [-0.2, 0) is 0 Å². The van der Waals surface area contributed by atoms with Gasteiger partial charge < -0.3 is 9.80 Å². The fourth-order valence-electron chi connectivity index (χ4n) is 10.2. The van der Waals surface area contributed by atoms with E-state index in [2.05, 4.69) is 278 Å². The molecule has 0 unspecified atom stereocenters. The van der Waals surface area contributed by atoms with Gasteiger partial charge in [-0.1, -0.05) is 232 Å². The maximum Gasteiger partial charge on any atom is 0.252 e. The van der Waals surface area contributed by atoms with Gasteiger partial charge in [-0.25, -0.2) is 0 Å². The fourth-order valence-corrected chi connectivity index (χ4v) is 10.9. The molecular weight excluding hydrogens is 919 g/mol. The van der Waals surface area contributed by atoms with Gasteiger partial charge in [0.25, 0.3) is 6.71 Å². The zero-order chi connectivity index (χ0) is 43.4. The first-order valence-electron chi connectivity index (χ1n) is 22.0. The highest BCUT2D eigenvalue weighted by molar-refractivity contribution is 9.10. The van der Waals surface area contributed by atoms with Gasteiger partial charge in [0, 0.05) is 53.9 Å². The number of benzene rings is 10. The summed E-state index contributed by atoms with van der Waals surface area (Å²) in [6, 6.07) is 86.5. The number of halogens is 2. The number of para-hydroxylation sites is 2. The SMILES string of the molecule is Brc1ccc2c(c1)N(c1c(-c3ccccc3)cccc1-c1ccccc1)c1cc(-c3ccccc3)cc3c1B2c1ccc(Br)cc1N3c1c(-c2ccccc2)cccc1-c1ccccc1. The molecule has 306 valence electrons. The monoisotopic (exact) mass is 956 g/mol. The number of fused-ring (bicyclic) bond motifs is 4. The molecule has 2 aliphatic rings. The lowest BCUT2D eigenvalue weighted by molar-refractivity contribution is 1.25. The number of rotatable bonds is 7. The van der Waals surface area contributed by atoms with Gasteiger partial charge in [-0.3, -0.25) is 0 Å². The van der Waals surface area contributed by atoms with Crippen LogP contribution in [0.1, 0.15) is 0 Å². The minimum atomic E-state index is -0.0725. The lowest BCUT2D eigenvalue weighted by atomic mass is 9.33. The van der Waals surface area contributed by atoms with Crippen LogP contribution in [0.4, 0.5) is 34.1 Å². The average molecular weight is 959 g/mol. The van der Waals surface area contributed by atoms with Gasteiger partial charge in [0.2, 0.25) is 0 Å². The van der Waals surface area contributed by atoms with Crippen molar-refractivity contribution in [1.82, 2.24) is 0 Å². The van der Waals surface area contributed by atoms with E-state index >= 15 is 0 Å². The van der Waals surface area contributed by atoms with Crippen LogP contribution in [0, 0.1) is 0 Å². The van der Waals surface area contributed by atoms with Crippen molar-refractivity contribution >= 4 is 89.1 Å². The molecule has 0 spiro atoms. The summed E-state index contributed by atoms with van der Waals surface area (Å²) in [7, 11) is 0. The summed E-state index contributed by atoms with van der Waals surface area (Å²) in [4.78, 5) is 5.16. The molecule has 0 radical (unpaired) electrons. The molecular formula is C60H39BBr2N2. The lowest BCUT2D eigenvalue weighted by Crippen LogP contribution is -2.61. The van der Waals surface area contributed by atoms with Crippen LogP contribution in [0.3, 0.4) is 0 Å². The molecule has 2 heterocycles. The number of anilines is 6. The van der Waals surface area contributed by atoms with Crippen LogP contribution in [0.2, 0.25) is 0 Å². The molecule has 10 aromatic carbocycles. The van der Waals surface area contributed by atoms with E-state index in [4.69, 9.17) is 0 Å². The quantitative estimate of drug-likeness (QED) is 0.147. The van der Waals surface area contributed by atoms with E-state index in [1.807, 2.05) is 0 Å². The van der Waals surface area contributed by atoms with Crippen molar-refractivity contribution in [2.45, 2.75) is 0 Å². The van der Waals surface area contributed by atoms with Gasteiger partial charge in [-0.05, 0) is 86.2 Å². The zero-order valence-electron chi connectivity index (χ0n) is 35.2. The van der Waals surface area contributed by atoms with E-state index in [1.165, 1.54) is 16.4 Å². The average Bonchev–Trinajstić information content (AvgIpc) is 3.37. The van der Waals surface area contributed by atoms with E-state index in [0.29, 0.717) is 0 Å². The van der Waals surface area contributed by atoms with Crippen LogP contribution >= 0.6 is 31.9 Å². The molecule has 5 heteroatoms. The fraction of sp³-hybridized carbons (Fsp3) is 0. The van der Waals surface area contributed by atoms with Crippen molar-refractivity contribution in [3.05, 3.63) is 246 Å². The van der Waals surface area contributed by atoms with Gasteiger partial charge in [-0.15, -0.1) is 0 Å². The van der Waals surface area contributed by atoms with E-state index in [9.17, 15) is 0 Å². The van der Waals surface area contributed by atoms with E-state index < -0.39 is 0 Å². The molecule has 0 N–H and O–H groups in total. The van der Waals surface area contributed by atoms with Crippen LogP contribution in [0.15, 0.2) is 246 Å². The molecule has 0 saturated carbocycles. The molecule has 0 saturated heterocycles. The molecule has 2 aliphatic heterocycles. The zero-order valence-corrected chi connectivity index (χ0v) is 38.4. The Balaban J connectivity index is 1.26. The van der Waals surface area contributed by atoms with Crippen molar-refractivity contribution in [3.8, 4) is 55.6 Å². The second-order valence-corrected chi connectivity index (χ2v) is 18.5. The standard InChI is InChI=1S/C60H39BBr2N2/c62-46-32-34-52-54(38-46)64(59-48(41-20-8-2-9-21-41)28-16-29-49(59)42-22-10-3-11-23-42)56-36-45(40-18-6-1-7-19-40)37-57-58(56)61(52)53-35-33-47(63)39-55(53)65(57)60-50(43-24-12-4-13-25-43)30-17-31-51(60)44-26-14-5-15-27-44/h1-39H. The smallest absolute Gasteiger partial charge is 0.252 e. The first-order chi connectivity index (χ1) is 32.1. The highest BCUT2D eigenvalue weighted by Crippen LogP contribution is 2.53. The topological polar surface area (TPSA) is 6.48 Å². The highest BCUT2D eigenvalue weighted by atomic mass is 79.9. The predicted octanol–water partition coefficient (Wildman–Crippen LogP) is 15.6. The first-order valence-corrected chi connectivity index (χ1v) is 23.6. The third kappa shape index (κ3) is 6.77. The second kappa shape index (κ2) is 16.4. The molecule has 0 aromatic heterocycles. The van der Waals surface area contributed by atoms with Gasteiger partial charge in [0.05, 0.1) is 11.4 Å². The van der Waals surface area contributed by atoms with E-state index in [0.717, 1.165) is 98.7 Å². The third-order valence-corrected chi connectivity index (χ3v) is 13.9. The molecule has 12 rings (SSSR count). The maximum atomic E-state index is 3.98. The van der Waals surface area contributed by atoms with E-state index in [1.54, 1.807) is 0 Å². The minimum absolute atomic E-state index is 0.0725. The Bertz CT molecular complexity index is 3080. The normalized spacial score (nSPS) is 12.4. The Kier molecular flexibility index (Phi) is 9.96. The van der Waals surface area contributed by atoms with Crippen LogP contribution in [-0.4, -0.2) is 6.71 Å². The molecule has 0 amide bonds. The van der Waals surface area contributed by atoms with Crippen molar-refractivity contribution < 1.29 is 0 Å². The Morgan fingerprint density at radius 1 is 0.277 bits per heavy atom. The van der Waals surface area contributed by atoms with Crippen molar-refractivity contribution in [2.75, 3.05) is 9.80 Å². The predicted molar refractivity (Wildman–Crippen MR) is 283 cm³/mol. The Hall–Kier alpha value is -7.18. The van der Waals surface area contributed by atoms with Crippen molar-refractivity contribution in [3.63, 3.8) is 0 Å². The summed E-state index contributed by atoms with van der Waals surface area (Å²) in [6.45, 7) is -0.0725. The maximum absolute atomic E-state index is 3.98. The van der Waals surface area contributed by atoms with Crippen molar-refractivity contribution in [1.29, 1.82) is 0 Å². The Morgan fingerprint density at radius 3 is 0.938 bits per heavy atom. The highest BCUT2D eigenvalue weighted by Gasteiger charge is 2.45. The molecule has 0 fully saturated rings. The largest absolute Gasteiger partial charge is 0.310 e. The van der Waals surface area contributed by atoms with E-state index in [-0.39, 0.29) is 6.71 Å². The second-order valence-electron chi connectivity index (χ2n) is 16.7. The van der Waals surface area contributed by atoms with Crippen LogP contribution in [0.25, 0.3) is 55.6 Å². The number of hydrogen-bond donors (Lipinski definition) is 0. The van der Waals surface area contributed by atoms with Gasteiger partial charge >= 0.3 is 0 Å². The summed E-state index contributed by atoms with van der Waals surface area (Å²) < 4.78 is 2.06. The third-order valence-electron chi connectivity index (χ3n) is 13.0. The summed E-state index contributed by atoms with van der Waals surface area (Å²) in [5.41, 5.74) is 22.2. The summed E-state index contributed by atoms with van der Waals surface area (Å²) in [5.74, 6) is 0. The van der Waals surface area contributed by atoms with Gasteiger partial charge in [0.15, 0.2) is 0 Å². The summed E-state index contributed by atoms with van der Waals surface area (Å²) in [5, 5.41) is 0. The van der Waals surface area contributed by atoms with Crippen LogP contribution in [0.5, 0.6) is 0 Å². The molecule has 2 nitrogen and oxygen atoms in total. The van der Waals surface area contributed by atoms with Crippen LogP contribution < -0.4 is 26.2 Å². The minimum Gasteiger partial charge on any atom is -0.310 e. The number of nitrogens with zero attached hydrogens (tertiary/aromatic N) is 2. The number of hydrogen-bond acceptors (Lipinski definition) is 2. The Labute approximate surface area is 397 Å². The molecule has 65 heavy (non-hydrogen) atoms. The van der Waals surface area contributed by atoms with Gasteiger partial charge in [-0.2, -0.15) is 0 Å². The molecule has 10 aromatic rings. The summed E-state index contributed by atoms with van der Waals surface area (Å²) in [6.07, 6.45) is 0. The molecule has 0 atom stereocenters. The lowest BCUT2D eigenvalue weighted by Gasteiger charge is -2.46.